The predicted molar refractivity (Wildman–Crippen MR) is 64.4 cm³/mol. The van der Waals surface area contributed by atoms with Gasteiger partial charge in [-0.25, -0.2) is 4.79 Å². The molecule has 0 N–H and O–H groups in total. The third kappa shape index (κ3) is 4.03. The van der Waals surface area contributed by atoms with Crippen LogP contribution in [-0.2, 0) is 4.74 Å². The van der Waals surface area contributed by atoms with Gasteiger partial charge in [-0.05, 0) is 18.6 Å². The molecule has 0 aliphatic heterocycles. The Labute approximate surface area is 97.2 Å². The van der Waals surface area contributed by atoms with Gasteiger partial charge in [-0.3, -0.25) is 0 Å². The zero-order valence-corrected chi connectivity index (χ0v) is 10.5. The van der Waals surface area contributed by atoms with Crippen LogP contribution in [0.2, 0.25) is 0 Å². The van der Waals surface area contributed by atoms with Crippen molar-refractivity contribution in [3.63, 3.8) is 0 Å². The number of carbonyl (C=O) groups is 1. The quantitative estimate of drug-likeness (QED) is 0.574. The van der Waals surface area contributed by atoms with Crippen LogP contribution in [0.3, 0.4) is 0 Å². The van der Waals surface area contributed by atoms with Gasteiger partial charge in [0.05, 0.1) is 26.7 Å². The largest absolute Gasteiger partial charge is 0.456 e. The zero-order valence-electron chi connectivity index (χ0n) is 10.5. The molecule has 3 heteroatoms. The van der Waals surface area contributed by atoms with Crippen molar-refractivity contribution in [2.24, 2.45) is 0 Å². The van der Waals surface area contributed by atoms with Crippen LogP contribution in [0.4, 0.5) is 0 Å². The summed E-state index contributed by atoms with van der Waals surface area (Å²) in [5.74, 6) is -0.230. The number of hydrogen-bond acceptors (Lipinski definition) is 2. The molecule has 0 saturated carbocycles. The molecule has 16 heavy (non-hydrogen) atoms. The van der Waals surface area contributed by atoms with Gasteiger partial charge in [0.2, 0.25) is 0 Å². The first-order chi connectivity index (χ1) is 7.40. The second-order valence-electron chi connectivity index (χ2n) is 4.96. The maximum Gasteiger partial charge on any atom is 0.338 e. The van der Waals surface area contributed by atoms with Crippen LogP contribution >= 0.6 is 0 Å². The number of benzene rings is 1. The lowest BCUT2D eigenvalue weighted by Gasteiger charge is -2.23. The highest BCUT2D eigenvalue weighted by molar-refractivity contribution is 5.90. The molecule has 0 unspecified atom stereocenters. The van der Waals surface area contributed by atoms with Gasteiger partial charge < -0.3 is 9.22 Å². The Morgan fingerprint density at radius 3 is 2.44 bits per heavy atom. The van der Waals surface area contributed by atoms with Crippen molar-refractivity contribution in [2.45, 2.75) is 6.92 Å². The third-order valence-corrected chi connectivity index (χ3v) is 2.36. The van der Waals surface area contributed by atoms with Gasteiger partial charge >= 0.3 is 5.97 Å². The van der Waals surface area contributed by atoms with Gasteiger partial charge in [0.15, 0.2) is 0 Å². The van der Waals surface area contributed by atoms with Crippen LogP contribution in [-0.4, -0.2) is 44.7 Å². The molecule has 0 radical (unpaired) electrons. The summed E-state index contributed by atoms with van der Waals surface area (Å²) in [4.78, 5) is 11.7. The Morgan fingerprint density at radius 1 is 1.25 bits per heavy atom. The number of ether oxygens (including phenoxy) is 1. The molecule has 0 aliphatic rings. The van der Waals surface area contributed by atoms with Gasteiger partial charge in [-0.2, -0.15) is 0 Å². The van der Waals surface area contributed by atoms with Crippen LogP contribution in [0.1, 0.15) is 15.9 Å². The maximum absolute atomic E-state index is 11.7. The molecule has 1 aromatic carbocycles. The summed E-state index contributed by atoms with van der Waals surface area (Å²) in [6, 6.07) is 7.47. The van der Waals surface area contributed by atoms with Crippen molar-refractivity contribution in [3.8, 4) is 0 Å². The SMILES string of the molecule is Cc1ccccc1C(=O)OCC[N+](C)(C)C. The maximum atomic E-state index is 11.7. The first kappa shape index (κ1) is 12.7. The standard InChI is InChI=1S/C13H20NO2/c1-11-7-5-6-8-12(11)13(15)16-10-9-14(2,3)4/h5-8H,9-10H2,1-4H3/q+1. The highest BCUT2D eigenvalue weighted by Crippen LogP contribution is 2.08. The van der Waals surface area contributed by atoms with Crippen molar-refractivity contribution >= 4 is 5.97 Å². The summed E-state index contributed by atoms with van der Waals surface area (Å²) in [6.45, 7) is 3.19. The summed E-state index contributed by atoms with van der Waals surface area (Å²) in [5.41, 5.74) is 1.61. The molecule has 0 spiro atoms. The van der Waals surface area contributed by atoms with E-state index in [4.69, 9.17) is 4.74 Å². The van der Waals surface area contributed by atoms with Crippen LogP contribution < -0.4 is 0 Å². The summed E-state index contributed by atoms with van der Waals surface area (Å²) in [6.07, 6.45) is 0. The molecule has 0 atom stereocenters. The van der Waals surface area contributed by atoms with E-state index >= 15 is 0 Å². The van der Waals surface area contributed by atoms with E-state index in [9.17, 15) is 4.79 Å². The minimum Gasteiger partial charge on any atom is -0.456 e. The minimum absolute atomic E-state index is 0.230. The number of hydrogen-bond donors (Lipinski definition) is 0. The second kappa shape index (κ2) is 5.12. The van der Waals surface area contributed by atoms with Crippen molar-refractivity contribution < 1.29 is 14.0 Å². The summed E-state index contributed by atoms with van der Waals surface area (Å²) < 4.78 is 6.02. The molecule has 0 bridgehead atoms. The van der Waals surface area contributed by atoms with Gasteiger partial charge in [-0.1, -0.05) is 18.2 Å². The Kier molecular flexibility index (Phi) is 4.07. The molecule has 0 heterocycles. The number of rotatable bonds is 4. The van der Waals surface area contributed by atoms with Gasteiger partial charge in [0, 0.05) is 0 Å². The summed E-state index contributed by atoms with van der Waals surface area (Å²) >= 11 is 0. The molecular formula is C13H20NO2+. The van der Waals surface area contributed by atoms with Crippen molar-refractivity contribution in [1.82, 2.24) is 0 Å². The predicted octanol–water partition coefficient (Wildman–Crippen LogP) is 1.86. The van der Waals surface area contributed by atoms with Crippen molar-refractivity contribution in [2.75, 3.05) is 34.3 Å². The lowest BCUT2D eigenvalue weighted by Crippen LogP contribution is -2.38. The molecule has 3 nitrogen and oxygen atoms in total. The fourth-order valence-electron chi connectivity index (χ4n) is 1.29. The number of likely N-dealkylation sites (N-methyl/N-ethyl adjacent to an activating group) is 1. The summed E-state index contributed by atoms with van der Waals surface area (Å²) in [5, 5.41) is 0. The van der Waals surface area contributed by atoms with E-state index in [-0.39, 0.29) is 5.97 Å². The van der Waals surface area contributed by atoms with E-state index in [1.807, 2.05) is 25.1 Å². The van der Waals surface area contributed by atoms with Crippen LogP contribution in [0, 0.1) is 6.92 Å². The summed E-state index contributed by atoms with van der Waals surface area (Å²) in [7, 11) is 6.21. The Hall–Kier alpha value is -1.35. The zero-order chi connectivity index (χ0) is 12.2. The fraction of sp³-hybridized carbons (Fsp3) is 0.462. The number of nitrogens with zero attached hydrogens (tertiary/aromatic N) is 1. The Bertz CT molecular complexity index is 366. The average Bonchev–Trinajstić information content (AvgIpc) is 2.16. The molecule has 1 rings (SSSR count). The van der Waals surface area contributed by atoms with Gasteiger partial charge in [0.25, 0.3) is 0 Å². The van der Waals surface area contributed by atoms with Gasteiger partial charge in [-0.15, -0.1) is 0 Å². The van der Waals surface area contributed by atoms with Gasteiger partial charge in [0.1, 0.15) is 13.2 Å². The topological polar surface area (TPSA) is 26.3 Å². The normalized spacial score (nSPS) is 11.2. The fourth-order valence-corrected chi connectivity index (χ4v) is 1.29. The third-order valence-electron chi connectivity index (χ3n) is 2.36. The first-order valence-electron chi connectivity index (χ1n) is 5.43. The molecule has 0 aromatic heterocycles. The van der Waals surface area contributed by atoms with E-state index < -0.39 is 0 Å². The monoisotopic (exact) mass is 222 g/mol. The first-order valence-corrected chi connectivity index (χ1v) is 5.43. The van der Waals surface area contributed by atoms with E-state index in [0.29, 0.717) is 12.2 Å². The van der Waals surface area contributed by atoms with E-state index in [0.717, 1.165) is 16.6 Å². The second-order valence-corrected chi connectivity index (χ2v) is 4.96. The number of quaternary nitrogens is 1. The number of aryl methyl sites for hydroxylation is 1. The average molecular weight is 222 g/mol. The van der Waals surface area contributed by atoms with Crippen LogP contribution in [0.25, 0.3) is 0 Å². The molecule has 0 fully saturated rings. The highest BCUT2D eigenvalue weighted by Gasteiger charge is 2.12. The van der Waals surface area contributed by atoms with Crippen molar-refractivity contribution in [1.29, 1.82) is 0 Å². The lowest BCUT2D eigenvalue weighted by atomic mass is 10.1. The molecule has 1 aromatic rings. The molecule has 0 amide bonds. The van der Waals surface area contributed by atoms with Crippen LogP contribution in [0.5, 0.6) is 0 Å². The lowest BCUT2D eigenvalue weighted by molar-refractivity contribution is -0.870. The van der Waals surface area contributed by atoms with E-state index in [2.05, 4.69) is 21.1 Å². The Morgan fingerprint density at radius 2 is 1.88 bits per heavy atom. The Balaban J connectivity index is 2.51. The number of carbonyl (C=O) groups excluding carboxylic acids is 1. The highest BCUT2D eigenvalue weighted by atomic mass is 16.5. The van der Waals surface area contributed by atoms with E-state index in [1.54, 1.807) is 6.07 Å². The van der Waals surface area contributed by atoms with Crippen LogP contribution in [0.15, 0.2) is 24.3 Å². The van der Waals surface area contributed by atoms with Crippen molar-refractivity contribution in [3.05, 3.63) is 35.4 Å². The smallest absolute Gasteiger partial charge is 0.338 e. The molecule has 0 aliphatic carbocycles. The van der Waals surface area contributed by atoms with E-state index in [1.165, 1.54) is 0 Å². The molecular weight excluding hydrogens is 202 g/mol. The molecule has 0 saturated heterocycles. The molecule has 88 valence electrons. The number of esters is 1. The minimum atomic E-state index is -0.230.